The van der Waals surface area contributed by atoms with Gasteiger partial charge in [0.25, 0.3) is 0 Å². The number of carbonyl (C=O) groups excluding carboxylic acids is 2. The summed E-state index contributed by atoms with van der Waals surface area (Å²) < 4.78 is 33.4. The molecule has 0 bridgehead atoms. The van der Waals surface area contributed by atoms with Crippen molar-refractivity contribution in [3.05, 3.63) is 23.8 Å². The number of hydrogen-bond donors (Lipinski definition) is 1. The number of benzene rings is 1. The van der Waals surface area contributed by atoms with E-state index in [1.54, 1.807) is 23.1 Å². The van der Waals surface area contributed by atoms with Gasteiger partial charge in [-0.25, -0.2) is 8.42 Å². The quantitative estimate of drug-likeness (QED) is 0.738. The van der Waals surface area contributed by atoms with Gasteiger partial charge in [-0.1, -0.05) is 0 Å². The summed E-state index contributed by atoms with van der Waals surface area (Å²) >= 11 is 0. The summed E-state index contributed by atoms with van der Waals surface area (Å²) in [5.41, 5.74) is 1.67. The summed E-state index contributed by atoms with van der Waals surface area (Å²) in [6.07, 6.45) is 3.77. The monoisotopic (exact) mass is 449 g/mol. The van der Waals surface area contributed by atoms with Crippen LogP contribution in [0.4, 0.5) is 5.69 Å². The molecule has 4 rings (SSSR count). The van der Waals surface area contributed by atoms with E-state index in [0.29, 0.717) is 38.9 Å². The minimum Gasteiger partial charge on any atom is -0.376 e. The van der Waals surface area contributed by atoms with E-state index in [4.69, 9.17) is 4.74 Å². The van der Waals surface area contributed by atoms with Gasteiger partial charge in [0.2, 0.25) is 21.8 Å². The molecule has 3 aliphatic rings. The zero-order valence-corrected chi connectivity index (χ0v) is 19.0. The van der Waals surface area contributed by atoms with Crippen LogP contribution in [0.5, 0.6) is 0 Å². The van der Waals surface area contributed by atoms with Gasteiger partial charge >= 0.3 is 0 Å². The highest BCUT2D eigenvalue weighted by Gasteiger charge is 2.34. The van der Waals surface area contributed by atoms with Crippen molar-refractivity contribution >= 4 is 27.5 Å². The van der Waals surface area contributed by atoms with E-state index in [1.165, 1.54) is 11.2 Å². The van der Waals surface area contributed by atoms with Crippen molar-refractivity contribution < 1.29 is 22.7 Å². The first-order valence-electron chi connectivity index (χ1n) is 11.1. The molecule has 2 saturated heterocycles. The second kappa shape index (κ2) is 8.88. The molecule has 31 heavy (non-hydrogen) atoms. The lowest BCUT2D eigenvalue weighted by Gasteiger charge is -2.31. The molecule has 3 heterocycles. The Morgan fingerprint density at radius 3 is 2.58 bits per heavy atom. The largest absolute Gasteiger partial charge is 0.376 e. The Kier molecular flexibility index (Phi) is 6.37. The lowest BCUT2D eigenvalue weighted by Crippen LogP contribution is -2.44. The zero-order valence-electron chi connectivity index (χ0n) is 18.2. The third-order valence-electron chi connectivity index (χ3n) is 6.60. The van der Waals surface area contributed by atoms with Crippen molar-refractivity contribution in [2.24, 2.45) is 5.92 Å². The summed E-state index contributed by atoms with van der Waals surface area (Å²) in [4.78, 5) is 26.3. The fourth-order valence-corrected chi connectivity index (χ4v) is 6.44. The maximum Gasteiger partial charge on any atom is 0.243 e. The number of fused-ring (bicyclic) bond motifs is 1. The van der Waals surface area contributed by atoms with Crippen LogP contribution in [0.15, 0.2) is 23.1 Å². The van der Waals surface area contributed by atoms with Crippen LogP contribution in [0.25, 0.3) is 0 Å². The van der Waals surface area contributed by atoms with E-state index in [2.05, 4.69) is 5.32 Å². The molecule has 2 atom stereocenters. The number of piperidine rings is 1. The van der Waals surface area contributed by atoms with Crippen LogP contribution in [0.3, 0.4) is 0 Å². The molecule has 1 aromatic carbocycles. The molecule has 0 saturated carbocycles. The van der Waals surface area contributed by atoms with Gasteiger partial charge in [0.05, 0.1) is 11.0 Å². The lowest BCUT2D eigenvalue weighted by molar-refractivity contribution is -0.126. The van der Waals surface area contributed by atoms with E-state index in [-0.39, 0.29) is 34.8 Å². The highest BCUT2D eigenvalue weighted by atomic mass is 32.2. The smallest absolute Gasteiger partial charge is 0.243 e. The lowest BCUT2D eigenvalue weighted by atomic mass is 9.97. The minimum absolute atomic E-state index is 0.0107. The second-order valence-corrected chi connectivity index (χ2v) is 10.7. The average Bonchev–Trinajstić information content (AvgIpc) is 3.38. The minimum atomic E-state index is -3.64. The number of nitrogens with zero attached hydrogens (tertiary/aromatic N) is 2. The van der Waals surface area contributed by atoms with Crippen LogP contribution in [0.2, 0.25) is 0 Å². The first-order chi connectivity index (χ1) is 14.8. The number of anilines is 1. The molecule has 1 N–H and O–H groups in total. The Morgan fingerprint density at radius 2 is 1.94 bits per heavy atom. The van der Waals surface area contributed by atoms with Gasteiger partial charge in [-0.15, -0.1) is 0 Å². The summed E-state index contributed by atoms with van der Waals surface area (Å²) in [5.74, 6) is -0.220. The number of ether oxygens (including phenoxy) is 1. The Balaban J connectivity index is 1.38. The number of rotatable bonds is 5. The third kappa shape index (κ3) is 4.49. The predicted molar refractivity (Wildman–Crippen MR) is 116 cm³/mol. The molecule has 0 aliphatic carbocycles. The maximum absolute atomic E-state index is 13.2. The zero-order chi connectivity index (χ0) is 22.2. The fraction of sp³-hybridized carbons (Fsp3) is 0.636. The van der Waals surface area contributed by atoms with E-state index in [1.807, 2.05) is 6.92 Å². The molecule has 1 aromatic rings. The summed E-state index contributed by atoms with van der Waals surface area (Å²) in [5, 5.41) is 2.96. The van der Waals surface area contributed by atoms with Crippen molar-refractivity contribution in [3.63, 3.8) is 0 Å². The van der Waals surface area contributed by atoms with Gasteiger partial charge in [-0.2, -0.15) is 4.31 Å². The molecule has 0 unspecified atom stereocenters. The third-order valence-corrected chi connectivity index (χ3v) is 8.49. The maximum atomic E-state index is 13.2. The van der Waals surface area contributed by atoms with Crippen molar-refractivity contribution in [2.45, 2.75) is 63.0 Å². The first kappa shape index (κ1) is 22.2. The van der Waals surface area contributed by atoms with Gasteiger partial charge in [-0.3, -0.25) is 9.59 Å². The number of amides is 2. The molecule has 0 radical (unpaired) electrons. The van der Waals surface area contributed by atoms with Crippen LogP contribution in [-0.4, -0.2) is 62.9 Å². The number of carbonyl (C=O) groups is 2. The average molecular weight is 450 g/mol. The molecule has 2 fully saturated rings. The Morgan fingerprint density at radius 1 is 1.19 bits per heavy atom. The van der Waals surface area contributed by atoms with Crippen molar-refractivity contribution in [2.75, 3.05) is 31.1 Å². The molecular weight excluding hydrogens is 418 g/mol. The fourth-order valence-electron chi connectivity index (χ4n) is 4.92. The van der Waals surface area contributed by atoms with Gasteiger partial charge in [-0.05, 0) is 62.8 Å². The predicted octanol–water partition coefficient (Wildman–Crippen LogP) is 1.68. The molecule has 170 valence electrons. The summed E-state index contributed by atoms with van der Waals surface area (Å²) in [6, 6.07) is 5.04. The van der Waals surface area contributed by atoms with Crippen LogP contribution < -0.4 is 10.2 Å². The van der Waals surface area contributed by atoms with Crippen LogP contribution in [0, 0.1) is 5.92 Å². The highest BCUT2D eigenvalue weighted by Crippen LogP contribution is 2.35. The van der Waals surface area contributed by atoms with Crippen LogP contribution >= 0.6 is 0 Å². The number of sulfonamides is 1. The van der Waals surface area contributed by atoms with Crippen LogP contribution in [-0.2, 0) is 30.8 Å². The second-order valence-electron chi connectivity index (χ2n) is 8.79. The van der Waals surface area contributed by atoms with Gasteiger partial charge < -0.3 is 15.0 Å². The van der Waals surface area contributed by atoms with Crippen molar-refractivity contribution in [1.82, 2.24) is 9.62 Å². The van der Waals surface area contributed by atoms with E-state index in [0.717, 1.165) is 30.7 Å². The van der Waals surface area contributed by atoms with Gasteiger partial charge in [0.15, 0.2) is 0 Å². The van der Waals surface area contributed by atoms with E-state index in [9.17, 15) is 18.0 Å². The molecule has 0 aromatic heterocycles. The van der Waals surface area contributed by atoms with Crippen LogP contribution in [0.1, 0.15) is 45.1 Å². The Hall–Kier alpha value is -1.97. The molecular formula is C22H31N3O5S. The normalized spacial score (nSPS) is 24.9. The summed E-state index contributed by atoms with van der Waals surface area (Å²) in [7, 11) is -3.64. The summed E-state index contributed by atoms with van der Waals surface area (Å²) in [6.45, 7) is 5.43. The van der Waals surface area contributed by atoms with E-state index < -0.39 is 10.0 Å². The molecule has 0 spiro atoms. The molecule has 8 nitrogen and oxygen atoms in total. The SMILES string of the molecule is CC(=O)N1c2ccc(S(=O)(=O)N3CCC(C(=O)NC[C@@H]4CCCO4)CC3)cc2C[C@H]1C. The standard InChI is InChI=1S/C22H31N3O5S/c1-15-12-18-13-20(5-6-21(18)25(15)16(2)26)31(28,29)24-9-7-17(8-10-24)22(27)23-14-19-4-3-11-30-19/h5-6,13,15,17,19H,3-4,7-12,14H2,1-2H3,(H,23,27)/t15-,19+/m1/s1. The number of hydrogen-bond acceptors (Lipinski definition) is 5. The molecule has 9 heteroatoms. The molecule has 2 amide bonds. The number of nitrogens with one attached hydrogen (secondary N) is 1. The van der Waals surface area contributed by atoms with Gasteiger partial charge in [0, 0.05) is 50.8 Å². The van der Waals surface area contributed by atoms with E-state index >= 15 is 0 Å². The van der Waals surface area contributed by atoms with Crippen molar-refractivity contribution in [1.29, 1.82) is 0 Å². The Labute approximate surface area is 184 Å². The van der Waals surface area contributed by atoms with Gasteiger partial charge in [0.1, 0.15) is 0 Å². The topological polar surface area (TPSA) is 96.0 Å². The Bertz CT molecular complexity index is 950. The molecule has 3 aliphatic heterocycles. The highest BCUT2D eigenvalue weighted by molar-refractivity contribution is 7.89. The van der Waals surface area contributed by atoms with Crippen molar-refractivity contribution in [3.8, 4) is 0 Å². The first-order valence-corrected chi connectivity index (χ1v) is 12.5.